The van der Waals surface area contributed by atoms with Crippen LogP contribution in [0.25, 0.3) is 22.2 Å². The van der Waals surface area contributed by atoms with Gasteiger partial charge in [-0.05, 0) is 47.0 Å². The van der Waals surface area contributed by atoms with Crippen LogP contribution in [0.15, 0.2) is 41.4 Å². The largest absolute Gasteiger partial charge is 0.345 e. The number of ketones is 1. The summed E-state index contributed by atoms with van der Waals surface area (Å²) in [5, 5.41) is 9.22. The zero-order valence-corrected chi connectivity index (χ0v) is 13.5. The number of carbonyl (C=O) groups excluding carboxylic acids is 1. The molecule has 6 heteroatoms. The number of hydrogen-bond donors (Lipinski definition) is 1. The fourth-order valence-corrected chi connectivity index (χ4v) is 3.51. The first kappa shape index (κ1) is 13.9. The number of H-pyrrole nitrogens is 1. The summed E-state index contributed by atoms with van der Waals surface area (Å²) in [5.74, 6) is -0.0520. The molecule has 5 nitrogen and oxygen atoms in total. The first-order valence-electron chi connectivity index (χ1n) is 7.19. The van der Waals surface area contributed by atoms with Crippen molar-refractivity contribution in [2.24, 2.45) is 7.05 Å². The summed E-state index contributed by atoms with van der Waals surface area (Å²) in [6.45, 7) is 1.88. The van der Waals surface area contributed by atoms with Crippen LogP contribution in [0.1, 0.15) is 21.7 Å². The molecule has 0 bridgehead atoms. The van der Waals surface area contributed by atoms with Crippen LogP contribution in [0.2, 0.25) is 0 Å². The van der Waals surface area contributed by atoms with Crippen molar-refractivity contribution < 1.29 is 4.79 Å². The summed E-state index contributed by atoms with van der Waals surface area (Å²) in [4.78, 5) is 20.4. The van der Waals surface area contributed by atoms with Crippen LogP contribution < -0.4 is 0 Å². The summed E-state index contributed by atoms with van der Waals surface area (Å²) in [5.41, 5.74) is 4.85. The molecular weight excluding hydrogens is 308 g/mol. The maximum atomic E-state index is 13.0. The Kier molecular flexibility index (Phi) is 3.12. The van der Waals surface area contributed by atoms with Gasteiger partial charge in [0.2, 0.25) is 5.78 Å². The number of hydrogen-bond acceptors (Lipinski definition) is 4. The monoisotopic (exact) mass is 322 g/mol. The van der Waals surface area contributed by atoms with E-state index in [-0.39, 0.29) is 5.78 Å². The van der Waals surface area contributed by atoms with Crippen molar-refractivity contribution in [3.8, 4) is 11.1 Å². The predicted molar refractivity (Wildman–Crippen MR) is 90.8 cm³/mol. The lowest BCUT2D eigenvalue weighted by atomic mass is 10.0. The Bertz CT molecular complexity index is 1010. The van der Waals surface area contributed by atoms with Gasteiger partial charge < -0.3 is 4.98 Å². The number of aryl methyl sites for hydroxylation is 2. The highest BCUT2D eigenvalue weighted by molar-refractivity contribution is 7.08. The maximum absolute atomic E-state index is 13.0. The van der Waals surface area contributed by atoms with E-state index in [0.717, 1.165) is 27.9 Å². The smallest absolute Gasteiger partial charge is 0.213 e. The molecule has 0 atom stereocenters. The minimum absolute atomic E-state index is 0.0520. The highest BCUT2D eigenvalue weighted by Gasteiger charge is 2.21. The highest BCUT2D eigenvalue weighted by atomic mass is 32.1. The minimum atomic E-state index is -0.0520. The van der Waals surface area contributed by atoms with Gasteiger partial charge in [-0.1, -0.05) is 0 Å². The Hall–Kier alpha value is -2.73. The van der Waals surface area contributed by atoms with Crippen LogP contribution in [0.4, 0.5) is 0 Å². The summed E-state index contributed by atoms with van der Waals surface area (Å²) < 4.78 is 1.62. The van der Waals surface area contributed by atoms with E-state index < -0.39 is 0 Å². The molecule has 0 aliphatic carbocycles. The maximum Gasteiger partial charge on any atom is 0.213 e. The van der Waals surface area contributed by atoms with Gasteiger partial charge in [-0.2, -0.15) is 16.4 Å². The number of carbonyl (C=O) groups is 1. The topological polar surface area (TPSA) is 63.6 Å². The third kappa shape index (κ3) is 2.19. The molecule has 4 aromatic rings. The molecule has 0 saturated carbocycles. The van der Waals surface area contributed by atoms with Gasteiger partial charge in [-0.15, -0.1) is 0 Å². The van der Waals surface area contributed by atoms with Crippen molar-refractivity contribution in [3.63, 3.8) is 0 Å². The third-order valence-electron chi connectivity index (χ3n) is 3.88. The standard InChI is InChI=1S/C17H14N4OS/c1-10-7-14(21(2)20-10)16(22)13-8-19-17-15(13)12(3-5-18-17)11-4-6-23-9-11/h3-9H,1-2H3,(H,18,19). The van der Waals surface area contributed by atoms with E-state index in [1.54, 1.807) is 35.5 Å². The highest BCUT2D eigenvalue weighted by Crippen LogP contribution is 2.32. The van der Waals surface area contributed by atoms with Gasteiger partial charge in [0.25, 0.3) is 0 Å². The van der Waals surface area contributed by atoms with Crippen LogP contribution in [0, 0.1) is 6.92 Å². The quantitative estimate of drug-likeness (QED) is 0.587. The summed E-state index contributed by atoms with van der Waals surface area (Å²) >= 11 is 1.63. The molecule has 4 rings (SSSR count). The van der Waals surface area contributed by atoms with Crippen LogP contribution in [-0.2, 0) is 7.05 Å². The van der Waals surface area contributed by atoms with Gasteiger partial charge in [0, 0.05) is 24.8 Å². The molecule has 114 valence electrons. The zero-order valence-electron chi connectivity index (χ0n) is 12.7. The molecule has 4 aromatic heterocycles. The number of aromatic nitrogens is 4. The number of fused-ring (bicyclic) bond motifs is 1. The normalized spacial score (nSPS) is 11.2. The number of pyridine rings is 1. The number of nitrogens with zero attached hydrogens (tertiary/aromatic N) is 3. The average molecular weight is 322 g/mol. The van der Waals surface area contributed by atoms with Crippen LogP contribution in [0.5, 0.6) is 0 Å². The van der Waals surface area contributed by atoms with Crippen LogP contribution in [-0.4, -0.2) is 25.5 Å². The van der Waals surface area contributed by atoms with Gasteiger partial charge in [-0.25, -0.2) is 4.98 Å². The van der Waals surface area contributed by atoms with Gasteiger partial charge in [0.15, 0.2) is 0 Å². The van der Waals surface area contributed by atoms with Crippen molar-refractivity contribution >= 4 is 28.2 Å². The van der Waals surface area contributed by atoms with E-state index in [9.17, 15) is 4.79 Å². The van der Waals surface area contributed by atoms with E-state index >= 15 is 0 Å². The molecule has 1 N–H and O–H groups in total. The number of thiophene rings is 1. The lowest BCUT2D eigenvalue weighted by Gasteiger charge is -2.04. The average Bonchev–Trinajstić information content (AvgIpc) is 3.25. The number of rotatable bonds is 3. The lowest BCUT2D eigenvalue weighted by Crippen LogP contribution is -2.08. The van der Waals surface area contributed by atoms with E-state index in [4.69, 9.17) is 0 Å². The second kappa shape index (κ2) is 5.17. The second-order valence-electron chi connectivity index (χ2n) is 5.42. The first-order valence-corrected chi connectivity index (χ1v) is 8.13. The molecule has 0 fully saturated rings. The fourth-order valence-electron chi connectivity index (χ4n) is 2.86. The molecule has 0 radical (unpaired) electrons. The third-order valence-corrected chi connectivity index (χ3v) is 4.57. The van der Waals surface area contributed by atoms with Crippen molar-refractivity contribution in [1.82, 2.24) is 19.7 Å². The van der Waals surface area contributed by atoms with Crippen molar-refractivity contribution in [2.45, 2.75) is 6.92 Å². The molecule has 0 aliphatic rings. The Morgan fingerprint density at radius 2 is 2.22 bits per heavy atom. The van der Waals surface area contributed by atoms with Gasteiger partial charge in [0.05, 0.1) is 11.3 Å². The molecular formula is C17H14N4OS. The molecule has 0 unspecified atom stereocenters. The Balaban J connectivity index is 1.95. The van der Waals surface area contributed by atoms with E-state index in [0.29, 0.717) is 11.3 Å². The second-order valence-corrected chi connectivity index (χ2v) is 6.20. The molecule has 23 heavy (non-hydrogen) atoms. The SMILES string of the molecule is Cc1cc(C(=O)c2c[nH]c3nccc(-c4ccsc4)c23)n(C)n1. The number of aromatic amines is 1. The van der Waals surface area contributed by atoms with Gasteiger partial charge >= 0.3 is 0 Å². The molecule has 0 spiro atoms. The lowest BCUT2D eigenvalue weighted by molar-refractivity contribution is 0.103. The van der Waals surface area contributed by atoms with Gasteiger partial charge in [0.1, 0.15) is 11.3 Å². The van der Waals surface area contributed by atoms with E-state index in [2.05, 4.69) is 26.5 Å². The van der Waals surface area contributed by atoms with Gasteiger partial charge in [-0.3, -0.25) is 9.48 Å². The Morgan fingerprint density at radius 3 is 2.91 bits per heavy atom. The minimum Gasteiger partial charge on any atom is -0.345 e. The molecule has 0 amide bonds. The number of nitrogens with one attached hydrogen (secondary N) is 1. The summed E-state index contributed by atoms with van der Waals surface area (Å²) in [6, 6.07) is 5.81. The zero-order chi connectivity index (χ0) is 16.0. The summed E-state index contributed by atoms with van der Waals surface area (Å²) in [6.07, 6.45) is 3.49. The summed E-state index contributed by atoms with van der Waals surface area (Å²) in [7, 11) is 1.78. The van der Waals surface area contributed by atoms with Crippen molar-refractivity contribution in [1.29, 1.82) is 0 Å². The van der Waals surface area contributed by atoms with Crippen LogP contribution in [0.3, 0.4) is 0 Å². The van der Waals surface area contributed by atoms with Crippen molar-refractivity contribution in [3.05, 3.63) is 58.3 Å². The Morgan fingerprint density at radius 1 is 1.35 bits per heavy atom. The van der Waals surface area contributed by atoms with Crippen molar-refractivity contribution in [2.75, 3.05) is 0 Å². The fraction of sp³-hybridized carbons (Fsp3) is 0.118. The molecule has 0 aromatic carbocycles. The van der Waals surface area contributed by atoms with Crippen LogP contribution >= 0.6 is 11.3 Å². The Labute approximate surface area is 136 Å². The van der Waals surface area contributed by atoms with E-state index in [1.807, 2.05) is 24.4 Å². The molecule has 0 aliphatic heterocycles. The molecule has 0 saturated heterocycles. The first-order chi connectivity index (χ1) is 11.1. The molecule has 4 heterocycles. The predicted octanol–water partition coefficient (Wildman–Crippen LogP) is 3.56. The van der Waals surface area contributed by atoms with E-state index in [1.165, 1.54) is 0 Å².